The van der Waals surface area contributed by atoms with E-state index in [-0.39, 0.29) is 17.5 Å². The van der Waals surface area contributed by atoms with E-state index in [4.69, 9.17) is 27.9 Å². The number of carboxylic acid groups (broad SMARTS) is 1. The Bertz CT molecular complexity index is 622. The van der Waals surface area contributed by atoms with E-state index in [0.717, 1.165) is 0 Å². The molecule has 1 fully saturated rings. The van der Waals surface area contributed by atoms with Gasteiger partial charge in [0, 0.05) is 13.1 Å². The first kappa shape index (κ1) is 17.9. The second-order valence-electron chi connectivity index (χ2n) is 6.04. The fraction of sp³-hybridized carbons (Fsp3) is 0.500. The molecule has 0 aliphatic carbocycles. The highest BCUT2D eigenvalue weighted by Gasteiger charge is 2.40. The SMILES string of the molecule is CC(Oc1cccc(Cl)c1Cl)C(=O)N1CCCC(C)(C(=O)O)C1. The smallest absolute Gasteiger partial charge is 0.311 e. The van der Waals surface area contributed by atoms with Gasteiger partial charge >= 0.3 is 5.97 Å². The molecule has 2 rings (SSSR count). The van der Waals surface area contributed by atoms with Crippen molar-refractivity contribution in [3.63, 3.8) is 0 Å². The molecule has 23 heavy (non-hydrogen) atoms. The highest BCUT2D eigenvalue weighted by Crippen LogP contribution is 2.33. The Morgan fingerprint density at radius 1 is 1.39 bits per heavy atom. The summed E-state index contributed by atoms with van der Waals surface area (Å²) in [6.45, 7) is 3.98. The number of benzene rings is 1. The summed E-state index contributed by atoms with van der Waals surface area (Å²) in [6, 6.07) is 4.95. The van der Waals surface area contributed by atoms with Gasteiger partial charge in [-0.05, 0) is 38.8 Å². The third-order valence-corrected chi connectivity index (χ3v) is 4.89. The standard InChI is InChI=1S/C16H19Cl2NO4/c1-10(23-12-6-3-5-11(17)13(12)18)14(20)19-8-4-7-16(2,9-19)15(21)22/h3,5-6,10H,4,7-9H2,1-2H3,(H,21,22). The summed E-state index contributed by atoms with van der Waals surface area (Å²) < 4.78 is 5.61. The van der Waals surface area contributed by atoms with Crippen molar-refractivity contribution in [1.29, 1.82) is 0 Å². The number of ether oxygens (including phenoxy) is 1. The van der Waals surface area contributed by atoms with E-state index in [1.54, 1.807) is 36.9 Å². The van der Waals surface area contributed by atoms with Crippen molar-refractivity contribution >= 4 is 35.1 Å². The maximum absolute atomic E-state index is 12.5. The van der Waals surface area contributed by atoms with Gasteiger partial charge in [-0.2, -0.15) is 0 Å². The van der Waals surface area contributed by atoms with Crippen molar-refractivity contribution < 1.29 is 19.4 Å². The molecular weight excluding hydrogens is 341 g/mol. The maximum Gasteiger partial charge on any atom is 0.311 e. The summed E-state index contributed by atoms with van der Waals surface area (Å²) in [5.74, 6) is -0.812. The average molecular weight is 360 g/mol. The minimum absolute atomic E-state index is 0.179. The Labute approximate surface area is 145 Å². The van der Waals surface area contributed by atoms with Gasteiger partial charge in [0.25, 0.3) is 5.91 Å². The molecule has 0 spiro atoms. The lowest BCUT2D eigenvalue weighted by molar-refractivity contribution is -0.155. The Kier molecular flexibility index (Phi) is 5.42. The molecule has 1 aromatic carbocycles. The molecule has 1 aromatic rings. The van der Waals surface area contributed by atoms with Gasteiger partial charge in [0.1, 0.15) is 10.8 Å². The summed E-state index contributed by atoms with van der Waals surface area (Å²) in [4.78, 5) is 25.5. The van der Waals surface area contributed by atoms with Gasteiger partial charge in [-0.1, -0.05) is 29.3 Å². The van der Waals surface area contributed by atoms with Crippen molar-refractivity contribution in [2.45, 2.75) is 32.8 Å². The first-order valence-electron chi connectivity index (χ1n) is 7.37. The average Bonchev–Trinajstić information content (AvgIpc) is 2.51. The number of hydrogen-bond acceptors (Lipinski definition) is 3. The molecule has 1 saturated heterocycles. The second kappa shape index (κ2) is 6.97. The van der Waals surface area contributed by atoms with Gasteiger partial charge in [0.15, 0.2) is 6.10 Å². The van der Waals surface area contributed by atoms with Crippen LogP contribution in [0.1, 0.15) is 26.7 Å². The summed E-state index contributed by atoms with van der Waals surface area (Å²) in [7, 11) is 0. The van der Waals surface area contributed by atoms with Crippen LogP contribution in [-0.2, 0) is 9.59 Å². The molecule has 1 aliphatic rings. The monoisotopic (exact) mass is 359 g/mol. The number of piperidine rings is 1. The van der Waals surface area contributed by atoms with Crippen molar-refractivity contribution in [3.8, 4) is 5.75 Å². The van der Waals surface area contributed by atoms with Gasteiger partial charge in [0.05, 0.1) is 10.4 Å². The lowest BCUT2D eigenvalue weighted by Gasteiger charge is -2.38. The number of rotatable bonds is 4. The summed E-state index contributed by atoms with van der Waals surface area (Å²) in [5, 5.41) is 9.94. The number of likely N-dealkylation sites (tertiary alicyclic amines) is 1. The lowest BCUT2D eigenvalue weighted by atomic mass is 9.82. The number of aliphatic carboxylic acids is 1. The molecule has 1 N–H and O–H groups in total. The number of nitrogens with zero attached hydrogens (tertiary/aromatic N) is 1. The summed E-state index contributed by atoms with van der Waals surface area (Å²) in [6.07, 6.45) is 0.433. The molecule has 2 atom stereocenters. The Morgan fingerprint density at radius 2 is 2.09 bits per heavy atom. The zero-order chi connectivity index (χ0) is 17.2. The number of carboxylic acids is 1. The Hall–Kier alpha value is -1.46. The molecule has 0 saturated carbocycles. The highest BCUT2D eigenvalue weighted by atomic mass is 35.5. The van der Waals surface area contributed by atoms with Crippen LogP contribution in [0.15, 0.2) is 18.2 Å². The minimum Gasteiger partial charge on any atom is -0.481 e. The molecule has 126 valence electrons. The molecule has 2 unspecified atom stereocenters. The van der Waals surface area contributed by atoms with Crippen LogP contribution in [0.3, 0.4) is 0 Å². The molecule has 1 aliphatic heterocycles. The third kappa shape index (κ3) is 3.90. The van der Waals surface area contributed by atoms with Crippen LogP contribution < -0.4 is 4.74 Å². The van der Waals surface area contributed by atoms with Gasteiger partial charge < -0.3 is 14.7 Å². The van der Waals surface area contributed by atoms with Crippen LogP contribution in [-0.4, -0.2) is 41.1 Å². The van der Waals surface area contributed by atoms with Crippen molar-refractivity contribution in [2.75, 3.05) is 13.1 Å². The predicted molar refractivity (Wildman–Crippen MR) is 88.1 cm³/mol. The first-order chi connectivity index (χ1) is 10.7. The maximum atomic E-state index is 12.5. The third-order valence-electron chi connectivity index (χ3n) is 4.09. The van der Waals surface area contributed by atoms with Crippen LogP contribution in [0.4, 0.5) is 0 Å². The van der Waals surface area contributed by atoms with Crippen LogP contribution in [0.5, 0.6) is 5.75 Å². The van der Waals surface area contributed by atoms with Gasteiger partial charge in [0.2, 0.25) is 0 Å². The zero-order valence-electron chi connectivity index (χ0n) is 13.0. The molecule has 7 heteroatoms. The minimum atomic E-state index is -0.915. The van der Waals surface area contributed by atoms with E-state index in [1.807, 2.05) is 0 Å². The normalized spacial score (nSPS) is 22.5. The lowest BCUT2D eigenvalue weighted by Crippen LogP contribution is -2.51. The quantitative estimate of drug-likeness (QED) is 0.893. The molecule has 1 amide bonds. The van der Waals surface area contributed by atoms with Crippen molar-refractivity contribution in [3.05, 3.63) is 28.2 Å². The topological polar surface area (TPSA) is 66.8 Å². The van der Waals surface area contributed by atoms with Crippen LogP contribution in [0.2, 0.25) is 10.0 Å². The largest absolute Gasteiger partial charge is 0.481 e. The van der Waals surface area contributed by atoms with Gasteiger partial charge in [-0.3, -0.25) is 9.59 Å². The van der Waals surface area contributed by atoms with Crippen molar-refractivity contribution in [2.24, 2.45) is 5.41 Å². The van der Waals surface area contributed by atoms with E-state index in [2.05, 4.69) is 0 Å². The van der Waals surface area contributed by atoms with Crippen LogP contribution in [0, 0.1) is 5.41 Å². The fourth-order valence-corrected chi connectivity index (χ4v) is 3.01. The predicted octanol–water partition coefficient (Wildman–Crippen LogP) is 3.47. The number of halogens is 2. The molecule has 0 aromatic heterocycles. The zero-order valence-corrected chi connectivity index (χ0v) is 14.5. The number of carbonyl (C=O) groups excluding carboxylic acids is 1. The van der Waals surface area contributed by atoms with Gasteiger partial charge in [-0.25, -0.2) is 0 Å². The first-order valence-corrected chi connectivity index (χ1v) is 8.13. The fourth-order valence-electron chi connectivity index (χ4n) is 2.68. The second-order valence-corrected chi connectivity index (χ2v) is 6.83. The Balaban J connectivity index is 2.07. The molecule has 0 bridgehead atoms. The molecule has 1 heterocycles. The number of carbonyl (C=O) groups is 2. The summed E-state index contributed by atoms with van der Waals surface area (Å²) >= 11 is 12.0. The van der Waals surface area contributed by atoms with Crippen molar-refractivity contribution in [1.82, 2.24) is 4.90 Å². The van der Waals surface area contributed by atoms with Gasteiger partial charge in [-0.15, -0.1) is 0 Å². The highest BCUT2D eigenvalue weighted by molar-refractivity contribution is 6.42. The van der Waals surface area contributed by atoms with E-state index in [1.165, 1.54) is 0 Å². The molecular formula is C16H19Cl2NO4. The van der Waals surface area contributed by atoms with E-state index in [9.17, 15) is 14.7 Å². The van der Waals surface area contributed by atoms with E-state index >= 15 is 0 Å². The van der Waals surface area contributed by atoms with E-state index in [0.29, 0.717) is 30.2 Å². The van der Waals surface area contributed by atoms with Crippen LogP contribution in [0.25, 0.3) is 0 Å². The number of amides is 1. The van der Waals surface area contributed by atoms with Crippen LogP contribution >= 0.6 is 23.2 Å². The number of hydrogen-bond donors (Lipinski definition) is 1. The molecule has 5 nitrogen and oxygen atoms in total. The summed E-state index contributed by atoms with van der Waals surface area (Å²) in [5.41, 5.74) is -0.915. The molecule has 0 radical (unpaired) electrons. The van der Waals surface area contributed by atoms with E-state index < -0.39 is 17.5 Å². The Morgan fingerprint density at radius 3 is 2.74 bits per heavy atom.